The lowest BCUT2D eigenvalue weighted by Crippen LogP contribution is -2.19. The molecule has 1 aromatic carbocycles. The Morgan fingerprint density at radius 1 is 1.15 bits per heavy atom. The summed E-state index contributed by atoms with van der Waals surface area (Å²) in [7, 11) is 0. The molecule has 2 heterocycles. The predicted molar refractivity (Wildman–Crippen MR) is 84.3 cm³/mol. The second-order valence-corrected chi connectivity index (χ2v) is 5.30. The fourth-order valence-corrected chi connectivity index (χ4v) is 2.66. The molecular formula is C18H20N2. The van der Waals surface area contributed by atoms with Gasteiger partial charge in [-0.05, 0) is 43.0 Å². The summed E-state index contributed by atoms with van der Waals surface area (Å²) in [6, 6.07) is 13.3. The fraction of sp³-hybridized carbons (Fsp3) is 0.278. The van der Waals surface area contributed by atoms with E-state index < -0.39 is 0 Å². The minimum Gasteiger partial charge on any atom is -0.314 e. The molecule has 0 radical (unpaired) electrons. The third-order valence-electron chi connectivity index (χ3n) is 3.76. The van der Waals surface area contributed by atoms with E-state index in [1.807, 2.05) is 18.5 Å². The molecule has 0 spiro atoms. The number of aromatic nitrogens is 1. The van der Waals surface area contributed by atoms with Gasteiger partial charge in [0.25, 0.3) is 0 Å². The van der Waals surface area contributed by atoms with Crippen LogP contribution < -0.4 is 5.32 Å². The molecule has 0 amide bonds. The Hall–Kier alpha value is -1.93. The summed E-state index contributed by atoms with van der Waals surface area (Å²) in [5.74, 6) is 0. The van der Waals surface area contributed by atoms with Crippen LogP contribution in [-0.2, 0) is 0 Å². The highest BCUT2D eigenvalue weighted by atomic mass is 14.9. The van der Waals surface area contributed by atoms with Crippen molar-refractivity contribution in [1.29, 1.82) is 0 Å². The molecule has 0 aliphatic carbocycles. The van der Waals surface area contributed by atoms with Crippen molar-refractivity contribution in [3.05, 3.63) is 60.4 Å². The van der Waals surface area contributed by atoms with Gasteiger partial charge in [0, 0.05) is 24.0 Å². The van der Waals surface area contributed by atoms with Crippen LogP contribution in [0, 0.1) is 0 Å². The Bertz CT molecular complexity index is 569. The quantitative estimate of drug-likeness (QED) is 0.905. The van der Waals surface area contributed by atoms with Gasteiger partial charge in [-0.15, -0.1) is 0 Å². The van der Waals surface area contributed by atoms with E-state index in [0.29, 0.717) is 6.04 Å². The van der Waals surface area contributed by atoms with E-state index in [0.717, 1.165) is 6.42 Å². The number of nitrogens with zero attached hydrogens (tertiary/aromatic N) is 1. The standard InChI is InChI=1S/C18H20N2/c1-2-7-16(8-3-1)17-12-15(13-19-14-17)6-4-9-18-10-5-11-20-18/h1-4,6-8,12-14,18,20H,5,9-11H2. The van der Waals surface area contributed by atoms with Crippen LogP contribution in [0.15, 0.2) is 54.9 Å². The maximum Gasteiger partial charge on any atom is 0.0346 e. The maximum atomic E-state index is 4.34. The molecule has 1 atom stereocenters. The van der Waals surface area contributed by atoms with Crippen LogP contribution in [0.1, 0.15) is 24.8 Å². The summed E-state index contributed by atoms with van der Waals surface area (Å²) in [5, 5.41) is 3.51. The molecule has 2 nitrogen and oxygen atoms in total. The van der Waals surface area contributed by atoms with Gasteiger partial charge in [-0.2, -0.15) is 0 Å². The highest BCUT2D eigenvalue weighted by Crippen LogP contribution is 2.19. The van der Waals surface area contributed by atoms with Gasteiger partial charge in [0.2, 0.25) is 0 Å². The first-order chi connectivity index (χ1) is 9.92. The van der Waals surface area contributed by atoms with E-state index in [4.69, 9.17) is 0 Å². The van der Waals surface area contributed by atoms with E-state index in [1.54, 1.807) is 0 Å². The maximum absolute atomic E-state index is 4.34. The van der Waals surface area contributed by atoms with Gasteiger partial charge in [0.1, 0.15) is 0 Å². The third kappa shape index (κ3) is 3.34. The summed E-state index contributed by atoms with van der Waals surface area (Å²) < 4.78 is 0. The Kier molecular flexibility index (Phi) is 4.24. The van der Waals surface area contributed by atoms with Gasteiger partial charge in [-0.1, -0.05) is 42.5 Å². The first kappa shape index (κ1) is 13.1. The fourth-order valence-electron chi connectivity index (χ4n) is 2.66. The molecule has 1 N–H and O–H groups in total. The molecule has 2 heteroatoms. The molecule has 1 fully saturated rings. The Morgan fingerprint density at radius 3 is 2.85 bits per heavy atom. The van der Waals surface area contributed by atoms with Crippen molar-refractivity contribution < 1.29 is 0 Å². The molecule has 1 saturated heterocycles. The molecule has 1 unspecified atom stereocenters. The van der Waals surface area contributed by atoms with Crippen LogP contribution >= 0.6 is 0 Å². The lowest BCUT2D eigenvalue weighted by molar-refractivity contribution is 0.615. The van der Waals surface area contributed by atoms with Crippen LogP contribution in [0.5, 0.6) is 0 Å². The number of nitrogens with one attached hydrogen (secondary N) is 1. The zero-order valence-corrected chi connectivity index (χ0v) is 11.6. The molecule has 3 rings (SSSR count). The smallest absolute Gasteiger partial charge is 0.0346 e. The second-order valence-electron chi connectivity index (χ2n) is 5.30. The zero-order valence-electron chi connectivity index (χ0n) is 11.6. The summed E-state index contributed by atoms with van der Waals surface area (Å²) in [5.41, 5.74) is 3.56. The molecule has 2 aromatic rings. The molecule has 1 aliphatic rings. The minimum atomic E-state index is 0.663. The highest BCUT2D eigenvalue weighted by Gasteiger charge is 2.11. The summed E-state index contributed by atoms with van der Waals surface area (Å²) in [6.45, 7) is 1.17. The number of benzene rings is 1. The van der Waals surface area contributed by atoms with Crippen LogP contribution in [0.3, 0.4) is 0 Å². The van der Waals surface area contributed by atoms with Gasteiger partial charge >= 0.3 is 0 Å². The Labute approximate surface area is 120 Å². The van der Waals surface area contributed by atoms with Crippen LogP contribution in [0.25, 0.3) is 17.2 Å². The topological polar surface area (TPSA) is 24.9 Å². The van der Waals surface area contributed by atoms with E-state index >= 15 is 0 Å². The van der Waals surface area contributed by atoms with E-state index in [-0.39, 0.29) is 0 Å². The van der Waals surface area contributed by atoms with Crippen LogP contribution in [0.2, 0.25) is 0 Å². The van der Waals surface area contributed by atoms with Gasteiger partial charge < -0.3 is 5.32 Å². The first-order valence-corrected chi connectivity index (χ1v) is 7.32. The minimum absolute atomic E-state index is 0.663. The van der Waals surface area contributed by atoms with Gasteiger partial charge in [0.15, 0.2) is 0 Å². The lowest BCUT2D eigenvalue weighted by atomic mass is 10.1. The third-order valence-corrected chi connectivity index (χ3v) is 3.76. The first-order valence-electron chi connectivity index (χ1n) is 7.32. The molecule has 102 valence electrons. The van der Waals surface area contributed by atoms with E-state index in [2.05, 4.69) is 52.8 Å². The number of hydrogen-bond donors (Lipinski definition) is 1. The van der Waals surface area contributed by atoms with Crippen molar-refractivity contribution in [3.63, 3.8) is 0 Å². The average Bonchev–Trinajstić information content (AvgIpc) is 3.02. The zero-order chi connectivity index (χ0) is 13.6. The molecular weight excluding hydrogens is 244 g/mol. The van der Waals surface area contributed by atoms with Crippen molar-refractivity contribution in [3.8, 4) is 11.1 Å². The number of pyridine rings is 1. The van der Waals surface area contributed by atoms with Crippen LogP contribution in [0.4, 0.5) is 0 Å². The number of hydrogen-bond acceptors (Lipinski definition) is 2. The van der Waals surface area contributed by atoms with Gasteiger partial charge in [-0.25, -0.2) is 0 Å². The molecule has 0 saturated carbocycles. The molecule has 20 heavy (non-hydrogen) atoms. The molecule has 0 bridgehead atoms. The van der Waals surface area contributed by atoms with E-state index in [1.165, 1.54) is 36.1 Å². The summed E-state index contributed by atoms with van der Waals surface area (Å²) >= 11 is 0. The monoisotopic (exact) mass is 264 g/mol. The Balaban J connectivity index is 1.69. The highest BCUT2D eigenvalue weighted by molar-refractivity contribution is 5.65. The summed E-state index contributed by atoms with van der Waals surface area (Å²) in [4.78, 5) is 4.34. The largest absolute Gasteiger partial charge is 0.314 e. The van der Waals surface area contributed by atoms with Gasteiger partial charge in [-0.3, -0.25) is 4.98 Å². The molecule has 1 aromatic heterocycles. The van der Waals surface area contributed by atoms with E-state index in [9.17, 15) is 0 Å². The van der Waals surface area contributed by atoms with Crippen molar-refractivity contribution >= 4 is 6.08 Å². The van der Waals surface area contributed by atoms with Crippen LogP contribution in [-0.4, -0.2) is 17.6 Å². The Morgan fingerprint density at radius 2 is 2.05 bits per heavy atom. The van der Waals surface area contributed by atoms with Crippen molar-refractivity contribution in [2.75, 3.05) is 6.54 Å². The van der Waals surface area contributed by atoms with Crippen molar-refractivity contribution in [2.24, 2.45) is 0 Å². The SMILES string of the molecule is C(=Cc1cncc(-c2ccccc2)c1)CC1CCCN1. The molecule has 1 aliphatic heterocycles. The van der Waals surface area contributed by atoms with Crippen molar-refractivity contribution in [1.82, 2.24) is 10.3 Å². The second kappa shape index (κ2) is 6.49. The average molecular weight is 264 g/mol. The van der Waals surface area contributed by atoms with Gasteiger partial charge in [0.05, 0.1) is 0 Å². The lowest BCUT2D eigenvalue weighted by Gasteiger charge is -2.05. The summed E-state index contributed by atoms with van der Waals surface area (Å²) in [6.07, 6.45) is 12.0. The normalized spacial score (nSPS) is 18.7. The predicted octanol–water partition coefficient (Wildman–Crippen LogP) is 3.90. The number of rotatable bonds is 4. The van der Waals surface area contributed by atoms with Crippen molar-refractivity contribution in [2.45, 2.75) is 25.3 Å².